The van der Waals surface area contributed by atoms with Gasteiger partial charge in [0.05, 0.1) is 11.5 Å². The Balaban J connectivity index is 1.60. The van der Waals surface area contributed by atoms with Crippen molar-refractivity contribution in [2.24, 2.45) is 11.3 Å². The summed E-state index contributed by atoms with van der Waals surface area (Å²) in [5.41, 5.74) is -0.234. The van der Waals surface area contributed by atoms with E-state index in [1.165, 1.54) is 29.2 Å². The van der Waals surface area contributed by atoms with E-state index in [0.717, 1.165) is 12.8 Å². The van der Waals surface area contributed by atoms with Crippen molar-refractivity contribution in [2.75, 3.05) is 13.1 Å². The number of rotatable bonds is 4. The van der Waals surface area contributed by atoms with Crippen LogP contribution in [0.5, 0.6) is 5.75 Å². The molecule has 1 aromatic rings. The van der Waals surface area contributed by atoms with E-state index in [1.807, 2.05) is 0 Å². The van der Waals surface area contributed by atoms with E-state index in [-0.39, 0.29) is 24.2 Å². The maximum Gasteiger partial charge on any atom is 0.573 e. The van der Waals surface area contributed by atoms with Crippen molar-refractivity contribution < 1.29 is 32.6 Å². The molecule has 1 aromatic carbocycles. The van der Waals surface area contributed by atoms with Gasteiger partial charge in [-0.1, -0.05) is 18.6 Å². The van der Waals surface area contributed by atoms with E-state index in [1.54, 1.807) is 6.92 Å². The molecule has 0 radical (unpaired) electrons. The number of hydrogen-bond donors (Lipinski definition) is 2. The van der Waals surface area contributed by atoms with Crippen molar-refractivity contribution in [1.29, 1.82) is 0 Å². The molecular formula is C18H21F3N2O4. The Morgan fingerprint density at radius 3 is 2.56 bits per heavy atom. The molecule has 0 unspecified atom stereocenters. The lowest BCUT2D eigenvalue weighted by atomic mass is 9.81. The number of alkyl halides is 3. The molecule has 2 amide bonds. The number of aliphatic carboxylic acids is 1. The first-order valence-electron chi connectivity index (χ1n) is 8.75. The Labute approximate surface area is 154 Å². The van der Waals surface area contributed by atoms with E-state index in [9.17, 15) is 27.9 Å². The second-order valence-electron chi connectivity index (χ2n) is 7.22. The summed E-state index contributed by atoms with van der Waals surface area (Å²) in [6.07, 6.45) is -2.52. The SMILES string of the molecule is C[C@H](NC(=O)N1C[C@@H]2CCC[C@@]2(C(=O)O)C1)c1ccc(OC(F)(F)F)cc1. The summed E-state index contributed by atoms with van der Waals surface area (Å²) in [5.74, 6) is -1.22. The minimum Gasteiger partial charge on any atom is -0.481 e. The van der Waals surface area contributed by atoms with E-state index < -0.39 is 23.8 Å². The van der Waals surface area contributed by atoms with Gasteiger partial charge in [-0.25, -0.2) is 4.79 Å². The van der Waals surface area contributed by atoms with Gasteiger partial charge >= 0.3 is 18.4 Å². The summed E-state index contributed by atoms with van der Waals surface area (Å²) in [5, 5.41) is 12.4. The van der Waals surface area contributed by atoms with Crippen LogP contribution in [-0.2, 0) is 4.79 Å². The lowest BCUT2D eigenvalue weighted by molar-refractivity contribution is -0.274. The fourth-order valence-electron chi connectivity index (χ4n) is 4.11. The predicted molar refractivity (Wildman–Crippen MR) is 89.1 cm³/mol. The highest BCUT2D eigenvalue weighted by molar-refractivity contribution is 5.80. The summed E-state index contributed by atoms with van der Waals surface area (Å²) < 4.78 is 40.4. The minimum absolute atomic E-state index is 0.0325. The van der Waals surface area contributed by atoms with E-state index in [0.29, 0.717) is 18.5 Å². The Bertz CT molecular complexity index is 722. The van der Waals surface area contributed by atoms with Crippen LogP contribution in [0.3, 0.4) is 0 Å². The maximum atomic E-state index is 12.5. The van der Waals surface area contributed by atoms with Gasteiger partial charge in [0.1, 0.15) is 5.75 Å². The van der Waals surface area contributed by atoms with Crippen LogP contribution in [-0.4, -0.2) is 41.5 Å². The lowest BCUT2D eigenvalue weighted by Crippen LogP contribution is -2.42. The number of halogens is 3. The van der Waals surface area contributed by atoms with Crippen molar-refractivity contribution in [3.63, 3.8) is 0 Å². The van der Waals surface area contributed by atoms with Crippen LogP contribution in [0.25, 0.3) is 0 Å². The van der Waals surface area contributed by atoms with Crippen LogP contribution in [0.1, 0.15) is 37.8 Å². The minimum atomic E-state index is -4.75. The standard InChI is InChI=1S/C18H21F3N2O4/c1-11(12-4-6-14(7-5-12)27-18(19,20)21)22-16(26)23-9-13-3-2-8-17(13,10-23)15(24)25/h4-7,11,13H,2-3,8-10H2,1H3,(H,22,26)(H,24,25)/t11-,13-,17+/m0/s1. The first-order chi connectivity index (χ1) is 12.6. The highest BCUT2D eigenvalue weighted by Gasteiger charge is 2.55. The molecule has 0 bridgehead atoms. The molecule has 1 saturated carbocycles. The highest BCUT2D eigenvalue weighted by atomic mass is 19.4. The average Bonchev–Trinajstić information content (AvgIpc) is 3.12. The Kier molecular flexibility index (Phi) is 4.96. The van der Waals surface area contributed by atoms with Gasteiger partial charge in [0.15, 0.2) is 0 Å². The van der Waals surface area contributed by atoms with Crippen LogP contribution in [0, 0.1) is 11.3 Å². The quantitative estimate of drug-likeness (QED) is 0.830. The molecule has 3 rings (SSSR count). The number of nitrogens with zero attached hydrogens (tertiary/aromatic N) is 1. The van der Waals surface area contributed by atoms with Crippen LogP contribution in [0.2, 0.25) is 0 Å². The van der Waals surface area contributed by atoms with E-state index in [2.05, 4.69) is 10.1 Å². The van der Waals surface area contributed by atoms with Crippen molar-refractivity contribution in [2.45, 2.75) is 38.6 Å². The topological polar surface area (TPSA) is 78.9 Å². The van der Waals surface area contributed by atoms with Gasteiger partial charge in [-0.05, 0) is 43.4 Å². The summed E-state index contributed by atoms with van der Waals surface area (Å²) in [4.78, 5) is 25.7. The summed E-state index contributed by atoms with van der Waals surface area (Å²) in [6, 6.07) is 4.45. The van der Waals surface area contributed by atoms with Gasteiger partial charge in [0, 0.05) is 13.1 Å². The molecule has 1 aliphatic carbocycles. The fraction of sp³-hybridized carbons (Fsp3) is 0.556. The first kappa shape index (κ1) is 19.3. The van der Waals surface area contributed by atoms with Crippen LogP contribution in [0.4, 0.5) is 18.0 Å². The number of carbonyl (C=O) groups is 2. The molecule has 2 aliphatic rings. The zero-order valence-electron chi connectivity index (χ0n) is 14.8. The van der Waals surface area contributed by atoms with Crippen molar-refractivity contribution >= 4 is 12.0 Å². The van der Waals surface area contributed by atoms with Gasteiger partial charge < -0.3 is 20.1 Å². The Hall–Kier alpha value is -2.45. The Morgan fingerprint density at radius 1 is 1.33 bits per heavy atom. The third-order valence-electron chi connectivity index (χ3n) is 5.54. The number of hydrogen-bond acceptors (Lipinski definition) is 3. The largest absolute Gasteiger partial charge is 0.573 e. The second kappa shape index (κ2) is 6.94. The number of amides is 2. The average molecular weight is 386 g/mol. The van der Waals surface area contributed by atoms with Gasteiger partial charge in [-0.15, -0.1) is 13.2 Å². The van der Waals surface area contributed by atoms with Gasteiger partial charge in [0.2, 0.25) is 0 Å². The number of urea groups is 1. The van der Waals surface area contributed by atoms with E-state index >= 15 is 0 Å². The first-order valence-corrected chi connectivity index (χ1v) is 8.75. The lowest BCUT2D eigenvalue weighted by Gasteiger charge is -2.24. The summed E-state index contributed by atoms with van der Waals surface area (Å²) in [6.45, 7) is 2.30. The number of carboxylic acid groups (broad SMARTS) is 1. The molecule has 1 heterocycles. The molecule has 2 fully saturated rings. The van der Waals surface area contributed by atoms with Crippen LogP contribution >= 0.6 is 0 Å². The molecule has 1 saturated heterocycles. The molecule has 148 valence electrons. The number of carbonyl (C=O) groups excluding carboxylic acids is 1. The molecule has 0 aromatic heterocycles. The van der Waals surface area contributed by atoms with Gasteiger partial charge in [0.25, 0.3) is 0 Å². The molecule has 27 heavy (non-hydrogen) atoms. The van der Waals surface area contributed by atoms with Crippen LogP contribution in [0.15, 0.2) is 24.3 Å². The van der Waals surface area contributed by atoms with Crippen molar-refractivity contribution in [3.05, 3.63) is 29.8 Å². The number of likely N-dealkylation sites (tertiary alicyclic amines) is 1. The van der Waals surface area contributed by atoms with Crippen molar-refractivity contribution in [1.82, 2.24) is 10.2 Å². The molecule has 6 nitrogen and oxygen atoms in total. The Morgan fingerprint density at radius 2 is 2.00 bits per heavy atom. The highest BCUT2D eigenvalue weighted by Crippen LogP contribution is 2.48. The van der Waals surface area contributed by atoms with Crippen LogP contribution < -0.4 is 10.1 Å². The monoisotopic (exact) mass is 386 g/mol. The number of nitrogens with one attached hydrogen (secondary N) is 1. The van der Waals surface area contributed by atoms with Crippen molar-refractivity contribution in [3.8, 4) is 5.75 Å². The van der Waals surface area contributed by atoms with Gasteiger partial charge in [-0.3, -0.25) is 4.79 Å². The molecular weight excluding hydrogens is 365 g/mol. The smallest absolute Gasteiger partial charge is 0.481 e. The molecule has 0 spiro atoms. The summed E-state index contributed by atoms with van der Waals surface area (Å²) in [7, 11) is 0. The maximum absolute atomic E-state index is 12.5. The third-order valence-corrected chi connectivity index (χ3v) is 5.54. The summed E-state index contributed by atoms with van der Waals surface area (Å²) >= 11 is 0. The molecule has 1 aliphatic heterocycles. The zero-order valence-corrected chi connectivity index (χ0v) is 14.8. The number of fused-ring (bicyclic) bond motifs is 1. The predicted octanol–water partition coefficient (Wildman–Crippen LogP) is 3.54. The second-order valence-corrected chi connectivity index (χ2v) is 7.22. The van der Waals surface area contributed by atoms with Gasteiger partial charge in [-0.2, -0.15) is 0 Å². The fourth-order valence-corrected chi connectivity index (χ4v) is 4.11. The number of ether oxygens (including phenoxy) is 1. The normalized spacial score (nSPS) is 25.8. The zero-order chi connectivity index (χ0) is 19.8. The third kappa shape index (κ3) is 3.96. The number of benzene rings is 1. The molecule has 2 N–H and O–H groups in total. The number of carboxylic acids is 1. The molecule has 9 heteroatoms. The van der Waals surface area contributed by atoms with E-state index in [4.69, 9.17) is 0 Å². The molecule has 3 atom stereocenters.